The molecule has 0 spiro atoms. The number of carboxylic acid groups (broad SMARTS) is 1. The van der Waals surface area contributed by atoms with Crippen LogP contribution >= 0.6 is 0 Å². The van der Waals surface area contributed by atoms with Gasteiger partial charge in [0.05, 0.1) is 17.1 Å². The molecule has 1 aliphatic heterocycles. The number of piperidine rings is 1. The first-order valence-corrected chi connectivity index (χ1v) is 10.5. The zero-order valence-electron chi connectivity index (χ0n) is 18.2. The average molecular weight is 440 g/mol. The summed E-state index contributed by atoms with van der Waals surface area (Å²) < 4.78 is 21.8. The SMILES string of the molecule is CC(C)(C)OC(=O)N1CCC(n2nnc3cc(-c4ccc(C(=O)O)cc4F)ccc32)CC1. The second-order valence-corrected chi connectivity index (χ2v) is 8.94. The van der Waals surface area contributed by atoms with E-state index < -0.39 is 17.4 Å². The van der Waals surface area contributed by atoms with Crippen molar-refractivity contribution in [3.63, 3.8) is 0 Å². The highest BCUT2D eigenvalue weighted by atomic mass is 19.1. The predicted octanol–water partition coefficient (Wildman–Crippen LogP) is 4.51. The van der Waals surface area contributed by atoms with Crippen LogP contribution in [0.2, 0.25) is 0 Å². The molecule has 9 heteroatoms. The zero-order valence-corrected chi connectivity index (χ0v) is 18.2. The van der Waals surface area contributed by atoms with Crippen molar-refractivity contribution >= 4 is 23.1 Å². The number of amides is 1. The number of benzene rings is 2. The summed E-state index contributed by atoms with van der Waals surface area (Å²) in [5, 5.41) is 17.6. The number of carboxylic acids is 1. The first-order valence-electron chi connectivity index (χ1n) is 10.5. The van der Waals surface area contributed by atoms with E-state index in [0.29, 0.717) is 29.7 Å². The van der Waals surface area contributed by atoms with Crippen LogP contribution in [0.15, 0.2) is 36.4 Å². The van der Waals surface area contributed by atoms with Crippen molar-refractivity contribution in [2.24, 2.45) is 0 Å². The molecule has 168 valence electrons. The van der Waals surface area contributed by atoms with Gasteiger partial charge < -0.3 is 14.7 Å². The molecule has 8 nitrogen and oxygen atoms in total. The number of ether oxygens (including phenoxy) is 1. The molecule has 1 N–H and O–H groups in total. The Balaban J connectivity index is 1.51. The quantitative estimate of drug-likeness (QED) is 0.644. The number of likely N-dealkylation sites (tertiary alicyclic amines) is 1. The lowest BCUT2D eigenvalue weighted by Crippen LogP contribution is -2.42. The summed E-state index contributed by atoms with van der Waals surface area (Å²) in [6.45, 7) is 6.68. The van der Waals surface area contributed by atoms with E-state index in [-0.39, 0.29) is 17.7 Å². The van der Waals surface area contributed by atoms with Gasteiger partial charge in [0.15, 0.2) is 0 Å². The molecule has 1 amide bonds. The Labute approximate surface area is 184 Å². The largest absolute Gasteiger partial charge is 0.478 e. The first kappa shape index (κ1) is 21.7. The summed E-state index contributed by atoms with van der Waals surface area (Å²) in [6, 6.07) is 9.30. The minimum Gasteiger partial charge on any atom is -0.478 e. The van der Waals surface area contributed by atoms with E-state index in [9.17, 15) is 14.0 Å². The molecule has 32 heavy (non-hydrogen) atoms. The third-order valence-electron chi connectivity index (χ3n) is 5.46. The maximum absolute atomic E-state index is 14.5. The van der Waals surface area contributed by atoms with Crippen LogP contribution in [0.1, 0.15) is 50.0 Å². The van der Waals surface area contributed by atoms with E-state index in [1.165, 1.54) is 12.1 Å². The highest BCUT2D eigenvalue weighted by molar-refractivity contribution is 5.89. The second-order valence-electron chi connectivity index (χ2n) is 8.94. The summed E-state index contributed by atoms with van der Waals surface area (Å²) in [4.78, 5) is 25.0. The van der Waals surface area contributed by atoms with E-state index in [0.717, 1.165) is 24.4 Å². The Morgan fingerprint density at radius 2 is 1.84 bits per heavy atom. The van der Waals surface area contributed by atoms with Gasteiger partial charge in [0, 0.05) is 18.7 Å². The lowest BCUT2D eigenvalue weighted by Gasteiger charge is -2.33. The fourth-order valence-corrected chi connectivity index (χ4v) is 3.88. The van der Waals surface area contributed by atoms with E-state index in [4.69, 9.17) is 9.84 Å². The molecular formula is C23H25FN4O4. The van der Waals surface area contributed by atoms with Gasteiger partial charge in [-0.1, -0.05) is 17.3 Å². The van der Waals surface area contributed by atoms with Crippen molar-refractivity contribution in [1.29, 1.82) is 0 Å². The van der Waals surface area contributed by atoms with E-state index >= 15 is 0 Å². The summed E-state index contributed by atoms with van der Waals surface area (Å²) in [7, 11) is 0. The summed E-state index contributed by atoms with van der Waals surface area (Å²) in [5.41, 5.74) is 1.72. The molecule has 0 unspecified atom stereocenters. The molecule has 1 aromatic heterocycles. The topological polar surface area (TPSA) is 97.5 Å². The minimum atomic E-state index is -1.17. The van der Waals surface area contributed by atoms with Gasteiger partial charge in [-0.15, -0.1) is 5.10 Å². The van der Waals surface area contributed by atoms with Crippen molar-refractivity contribution in [3.05, 3.63) is 47.8 Å². The molecule has 0 saturated carbocycles. The Morgan fingerprint density at radius 1 is 1.12 bits per heavy atom. The Morgan fingerprint density at radius 3 is 2.47 bits per heavy atom. The van der Waals surface area contributed by atoms with E-state index in [2.05, 4.69) is 10.3 Å². The van der Waals surface area contributed by atoms with Gasteiger partial charge >= 0.3 is 12.1 Å². The Kier molecular flexibility index (Phi) is 5.58. The molecule has 1 saturated heterocycles. The molecule has 1 aliphatic rings. The number of aromatic nitrogens is 3. The van der Waals surface area contributed by atoms with Crippen LogP contribution in [0, 0.1) is 5.82 Å². The van der Waals surface area contributed by atoms with Crippen LogP contribution < -0.4 is 0 Å². The van der Waals surface area contributed by atoms with Crippen molar-refractivity contribution in [1.82, 2.24) is 19.9 Å². The Hall–Kier alpha value is -3.49. The molecule has 4 rings (SSSR count). The second kappa shape index (κ2) is 8.22. The summed E-state index contributed by atoms with van der Waals surface area (Å²) >= 11 is 0. The number of nitrogens with zero attached hydrogens (tertiary/aromatic N) is 4. The fourth-order valence-electron chi connectivity index (χ4n) is 3.88. The standard InChI is InChI=1S/C23H25FN4O4/c1-23(2,3)32-22(31)27-10-8-16(9-11-27)28-20-7-5-14(13-19(20)25-26-28)17-6-4-15(21(29)30)12-18(17)24/h4-7,12-13,16H,8-11H2,1-3H3,(H,29,30). The molecule has 2 heterocycles. The van der Waals surface area contributed by atoms with Crippen LogP contribution in [-0.2, 0) is 4.74 Å². The van der Waals surface area contributed by atoms with Crippen LogP contribution in [-0.4, -0.2) is 55.8 Å². The number of fused-ring (bicyclic) bond motifs is 1. The Bertz CT molecular complexity index is 1180. The monoisotopic (exact) mass is 440 g/mol. The summed E-state index contributed by atoms with van der Waals surface area (Å²) in [6.07, 6.45) is 1.15. The van der Waals surface area contributed by atoms with Crippen molar-refractivity contribution in [2.75, 3.05) is 13.1 Å². The fraction of sp³-hybridized carbons (Fsp3) is 0.391. The summed E-state index contributed by atoms with van der Waals surface area (Å²) in [5.74, 6) is -1.78. The molecule has 1 fully saturated rings. The highest BCUT2D eigenvalue weighted by Gasteiger charge is 2.28. The van der Waals surface area contributed by atoms with Crippen LogP contribution in [0.5, 0.6) is 0 Å². The van der Waals surface area contributed by atoms with Gasteiger partial charge in [-0.05, 0) is 63.4 Å². The molecule has 0 radical (unpaired) electrons. The van der Waals surface area contributed by atoms with Crippen LogP contribution in [0.3, 0.4) is 0 Å². The minimum absolute atomic E-state index is 0.0936. The van der Waals surface area contributed by atoms with Crippen LogP contribution in [0.4, 0.5) is 9.18 Å². The molecule has 0 bridgehead atoms. The predicted molar refractivity (Wildman–Crippen MR) is 116 cm³/mol. The maximum atomic E-state index is 14.5. The first-order chi connectivity index (χ1) is 15.1. The van der Waals surface area contributed by atoms with Gasteiger partial charge in [0.2, 0.25) is 0 Å². The average Bonchev–Trinajstić information content (AvgIpc) is 3.15. The highest BCUT2D eigenvalue weighted by Crippen LogP contribution is 2.30. The molecule has 0 aliphatic carbocycles. The van der Waals surface area contributed by atoms with Gasteiger partial charge in [-0.3, -0.25) is 0 Å². The van der Waals surface area contributed by atoms with Crippen molar-refractivity contribution < 1.29 is 23.8 Å². The number of carbonyl (C=O) groups is 2. The van der Waals surface area contributed by atoms with Gasteiger partial charge in [-0.2, -0.15) is 0 Å². The lowest BCUT2D eigenvalue weighted by atomic mass is 10.0. The number of hydrogen-bond donors (Lipinski definition) is 1. The van der Waals surface area contributed by atoms with Crippen molar-refractivity contribution in [3.8, 4) is 11.1 Å². The number of hydrogen-bond acceptors (Lipinski definition) is 5. The zero-order chi connectivity index (χ0) is 23.0. The smallest absolute Gasteiger partial charge is 0.410 e. The van der Waals surface area contributed by atoms with Gasteiger partial charge in [-0.25, -0.2) is 18.7 Å². The van der Waals surface area contributed by atoms with E-state index in [1.54, 1.807) is 17.0 Å². The van der Waals surface area contributed by atoms with Gasteiger partial charge in [0.25, 0.3) is 0 Å². The number of halogens is 1. The van der Waals surface area contributed by atoms with Gasteiger partial charge in [0.1, 0.15) is 16.9 Å². The number of rotatable bonds is 3. The third kappa shape index (κ3) is 4.42. The van der Waals surface area contributed by atoms with E-state index in [1.807, 2.05) is 31.5 Å². The number of aromatic carboxylic acids is 1. The molecule has 3 aromatic rings. The maximum Gasteiger partial charge on any atom is 0.410 e. The molecule has 2 aromatic carbocycles. The normalized spacial score (nSPS) is 15.2. The molecule has 0 atom stereocenters. The number of carbonyl (C=O) groups excluding carboxylic acids is 1. The van der Waals surface area contributed by atoms with Crippen LogP contribution in [0.25, 0.3) is 22.2 Å². The lowest BCUT2D eigenvalue weighted by molar-refractivity contribution is 0.0185. The molecular weight excluding hydrogens is 415 g/mol. The van der Waals surface area contributed by atoms with Crippen molar-refractivity contribution in [2.45, 2.75) is 45.3 Å². The third-order valence-corrected chi connectivity index (χ3v) is 5.46.